The van der Waals surface area contributed by atoms with Crippen LogP contribution in [0.25, 0.3) is 0 Å². The number of thiophene rings is 1. The minimum Gasteiger partial charge on any atom is -0.425 e. The van der Waals surface area contributed by atoms with E-state index in [9.17, 15) is 18.0 Å². The van der Waals surface area contributed by atoms with E-state index in [0.29, 0.717) is 17.6 Å². The van der Waals surface area contributed by atoms with Crippen LogP contribution in [0.15, 0.2) is 32.9 Å². The van der Waals surface area contributed by atoms with Crippen LogP contribution in [0.2, 0.25) is 0 Å². The molecular weight excluding hydrogens is 445 g/mol. The fraction of sp³-hybridized carbons (Fsp3) is 0.556. The SMILES string of the molecule is CC(=O)OC1=CC(c2sccc2Br)(C(F)(F)F)C/C1=N\N1CCCCCC1. The molecule has 1 atom stereocenters. The van der Waals surface area contributed by atoms with Gasteiger partial charge < -0.3 is 4.74 Å². The van der Waals surface area contributed by atoms with Gasteiger partial charge in [-0.3, -0.25) is 9.80 Å². The first-order valence-electron chi connectivity index (χ1n) is 8.77. The summed E-state index contributed by atoms with van der Waals surface area (Å²) in [6.45, 7) is 2.57. The Labute approximate surface area is 168 Å². The standard InChI is InChI=1S/C18H20BrF3N2O2S/c1-12(25)26-15-11-17(18(20,21)22,16-13(19)6-9-27-16)10-14(15)23-24-7-4-2-3-5-8-24/h6,9,11H,2-5,7-8,10H2,1H3/b23-14+. The van der Waals surface area contributed by atoms with Crippen LogP contribution in [0.1, 0.15) is 43.9 Å². The van der Waals surface area contributed by atoms with E-state index in [0.717, 1.165) is 43.1 Å². The molecule has 1 aliphatic heterocycles. The van der Waals surface area contributed by atoms with Crippen molar-refractivity contribution in [1.82, 2.24) is 5.01 Å². The van der Waals surface area contributed by atoms with Gasteiger partial charge in [0.25, 0.3) is 0 Å². The van der Waals surface area contributed by atoms with Crippen molar-refractivity contribution >= 4 is 38.9 Å². The summed E-state index contributed by atoms with van der Waals surface area (Å²) in [5.74, 6) is -0.752. The van der Waals surface area contributed by atoms with E-state index in [2.05, 4.69) is 21.0 Å². The summed E-state index contributed by atoms with van der Waals surface area (Å²) in [5, 5.41) is 7.88. The van der Waals surface area contributed by atoms with Crippen molar-refractivity contribution in [3.05, 3.63) is 32.6 Å². The first-order chi connectivity index (χ1) is 12.7. The first kappa shape index (κ1) is 20.4. The lowest BCUT2D eigenvalue weighted by atomic mass is 9.84. The molecule has 0 saturated carbocycles. The second kappa shape index (κ2) is 7.95. The molecule has 0 bridgehead atoms. The van der Waals surface area contributed by atoms with E-state index in [1.54, 1.807) is 16.5 Å². The Balaban J connectivity index is 2.05. The highest BCUT2D eigenvalue weighted by Crippen LogP contribution is 2.53. The molecule has 27 heavy (non-hydrogen) atoms. The third kappa shape index (κ3) is 4.23. The first-order valence-corrected chi connectivity index (χ1v) is 10.4. The Kier molecular flexibility index (Phi) is 6.00. The van der Waals surface area contributed by atoms with Gasteiger partial charge in [0.1, 0.15) is 11.1 Å². The molecule has 1 aromatic rings. The van der Waals surface area contributed by atoms with Gasteiger partial charge in [0.05, 0.1) is 0 Å². The van der Waals surface area contributed by atoms with Crippen molar-refractivity contribution in [2.45, 2.75) is 50.6 Å². The van der Waals surface area contributed by atoms with Gasteiger partial charge in [-0.15, -0.1) is 11.3 Å². The molecule has 0 N–H and O–H groups in total. The molecule has 1 saturated heterocycles. The van der Waals surface area contributed by atoms with Gasteiger partial charge in [-0.05, 0) is 46.3 Å². The number of hydrogen-bond acceptors (Lipinski definition) is 5. The molecule has 0 radical (unpaired) electrons. The molecule has 0 aromatic carbocycles. The zero-order valence-electron chi connectivity index (χ0n) is 14.8. The number of carbonyl (C=O) groups excluding carboxylic acids is 1. The van der Waals surface area contributed by atoms with Crippen molar-refractivity contribution in [2.75, 3.05) is 13.1 Å². The van der Waals surface area contributed by atoms with Crippen LogP contribution in [0, 0.1) is 0 Å². The molecule has 1 aromatic heterocycles. The third-order valence-electron chi connectivity index (χ3n) is 4.73. The average molecular weight is 465 g/mol. The van der Waals surface area contributed by atoms with Gasteiger partial charge in [0.15, 0.2) is 5.76 Å². The van der Waals surface area contributed by atoms with Crippen molar-refractivity contribution in [3.63, 3.8) is 0 Å². The highest BCUT2D eigenvalue weighted by atomic mass is 79.9. The van der Waals surface area contributed by atoms with E-state index < -0.39 is 17.6 Å². The highest BCUT2D eigenvalue weighted by molar-refractivity contribution is 9.10. The lowest BCUT2D eigenvalue weighted by Crippen LogP contribution is -2.39. The number of ether oxygens (including phenoxy) is 1. The van der Waals surface area contributed by atoms with E-state index >= 15 is 0 Å². The van der Waals surface area contributed by atoms with Crippen LogP contribution in [0.3, 0.4) is 0 Å². The molecular formula is C18H20BrF3N2O2S. The summed E-state index contributed by atoms with van der Waals surface area (Å²) in [7, 11) is 0. The molecule has 3 rings (SSSR count). The predicted molar refractivity (Wildman–Crippen MR) is 102 cm³/mol. The molecule has 1 unspecified atom stereocenters. The lowest BCUT2D eigenvalue weighted by molar-refractivity contribution is -0.172. The van der Waals surface area contributed by atoms with Gasteiger partial charge >= 0.3 is 12.1 Å². The van der Waals surface area contributed by atoms with Crippen molar-refractivity contribution in [3.8, 4) is 0 Å². The van der Waals surface area contributed by atoms with Gasteiger partial charge in [0, 0.05) is 35.8 Å². The maximum absolute atomic E-state index is 14.2. The summed E-state index contributed by atoms with van der Waals surface area (Å²) in [6.07, 6.45) is 0.151. The largest absolute Gasteiger partial charge is 0.425 e. The van der Waals surface area contributed by atoms with E-state index in [1.807, 2.05) is 0 Å². The van der Waals surface area contributed by atoms with Gasteiger partial charge in [-0.1, -0.05) is 12.8 Å². The van der Waals surface area contributed by atoms with E-state index in [1.165, 1.54) is 6.92 Å². The van der Waals surface area contributed by atoms with E-state index in [4.69, 9.17) is 4.74 Å². The minimum absolute atomic E-state index is 0.0932. The smallest absolute Gasteiger partial charge is 0.403 e. The molecule has 0 spiro atoms. The number of rotatable bonds is 3. The molecule has 1 fully saturated rings. The molecule has 148 valence electrons. The number of alkyl halides is 3. The maximum Gasteiger partial charge on any atom is 0.403 e. The Hall–Kier alpha value is -1.35. The van der Waals surface area contributed by atoms with E-state index in [-0.39, 0.29) is 22.8 Å². The number of allylic oxidation sites excluding steroid dienone is 2. The Morgan fingerprint density at radius 2 is 1.96 bits per heavy atom. The number of nitrogens with zero attached hydrogens (tertiary/aromatic N) is 2. The normalized spacial score (nSPS) is 25.4. The summed E-state index contributed by atoms with van der Waals surface area (Å²) in [6, 6.07) is 1.59. The number of halogens is 4. The molecule has 0 amide bonds. The predicted octanol–water partition coefficient (Wildman–Crippen LogP) is 5.39. The number of hydrogen-bond donors (Lipinski definition) is 0. The van der Waals surface area contributed by atoms with Gasteiger partial charge in [-0.2, -0.15) is 18.3 Å². The molecule has 2 heterocycles. The number of hydrazone groups is 1. The summed E-state index contributed by atoms with van der Waals surface area (Å²) < 4.78 is 48.2. The lowest BCUT2D eigenvalue weighted by Gasteiger charge is -2.29. The zero-order valence-corrected chi connectivity index (χ0v) is 17.2. The van der Waals surface area contributed by atoms with Crippen LogP contribution in [0.5, 0.6) is 0 Å². The molecule has 9 heteroatoms. The van der Waals surface area contributed by atoms with Crippen LogP contribution in [0.4, 0.5) is 13.2 Å². The van der Waals surface area contributed by atoms with Crippen molar-refractivity contribution < 1.29 is 22.7 Å². The van der Waals surface area contributed by atoms with Crippen molar-refractivity contribution in [2.24, 2.45) is 5.10 Å². The second-order valence-electron chi connectivity index (χ2n) is 6.76. The Bertz CT molecular complexity index is 767. The molecule has 1 aliphatic carbocycles. The van der Waals surface area contributed by atoms with Crippen LogP contribution >= 0.6 is 27.3 Å². The van der Waals surface area contributed by atoms with Crippen LogP contribution in [-0.4, -0.2) is 36.0 Å². The Morgan fingerprint density at radius 1 is 1.30 bits per heavy atom. The summed E-state index contributed by atoms with van der Waals surface area (Å²) in [5.41, 5.74) is -2.08. The Morgan fingerprint density at radius 3 is 2.48 bits per heavy atom. The third-order valence-corrected chi connectivity index (χ3v) is 6.75. The molecule has 2 aliphatic rings. The summed E-state index contributed by atoms with van der Waals surface area (Å²) >= 11 is 4.25. The minimum atomic E-state index is -4.55. The van der Waals surface area contributed by atoms with Crippen LogP contribution < -0.4 is 0 Å². The maximum atomic E-state index is 14.2. The molecule has 4 nitrogen and oxygen atoms in total. The van der Waals surface area contributed by atoms with Crippen molar-refractivity contribution in [1.29, 1.82) is 0 Å². The number of carbonyl (C=O) groups is 1. The average Bonchev–Trinajstić information content (AvgIpc) is 3.03. The quantitative estimate of drug-likeness (QED) is 0.562. The monoisotopic (exact) mass is 464 g/mol. The zero-order chi connectivity index (χ0) is 19.7. The van der Waals surface area contributed by atoms with Gasteiger partial charge in [0.2, 0.25) is 0 Å². The fourth-order valence-electron chi connectivity index (χ4n) is 3.43. The number of esters is 1. The second-order valence-corrected chi connectivity index (χ2v) is 8.53. The van der Waals surface area contributed by atoms with Crippen LogP contribution in [-0.2, 0) is 14.9 Å². The topological polar surface area (TPSA) is 41.9 Å². The fourth-order valence-corrected chi connectivity index (χ4v) is 5.35. The van der Waals surface area contributed by atoms with Gasteiger partial charge in [-0.25, -0.2) is 0 Å². The summed E-state index contributed by atoms with van der Waals surface area (Å²) in [4.78, 5) is 11.6. The highest BCUT2D eigenvalue weighted by Gasteiger charge is 2.60.